The monoisotopic (exact) mass is 304 g/mol. The molecule has 2 aromatic carbocycles. The second-order valence-electron chi connectivity index (χ2n) is 4.99. The zero-order valence-electron chi connectivity index (χ0n) is 11.8. The van der Waals surface area contributed by atoms with Crippen LogP contribution < -0.4 is 5.32 Å². The Bertz CT molecular complexity index is 617. The molecular formula is C16H17ClN2O2. The van der Waals surface area contributed by atoms with Crippen LogP contribution in [0.2, 0.25) is 5.02 Å². The molecule has 0 fully saturated rings. The number of nitrogens with zero attached hydrogens (tertiary/aromatic N) is 1. The average Bonchev–Trinajstić information content (AvgIpc) is 2.46. The molecule has 0 heterocycles. The third kappa shape index (κ3) is 4.46. The molecular weight excluding hydrogens is 288 g/mol. The van der Waals surface area contributed by atoms with E-state index in [9.17, 15) is 10.1 Å². The molecule has 0 aliphatic carbocycles. The number of hydrogen-bond donors (Lipinski definition) is 1. The number of benzene rings is 2. The number of anilines is 1. The number of nitrogens with one attached hydrogen (secondary N) is 1. The van der Waals surface area contributed by atoms with Gasteiger partial charge in [-0.2, -0.15) is 0 Å². The highest BCUT2D eigenvalue weighted by Crippen LogP contribution is 2.28. The topological polar surface area (TPSA) is 55.2 Å². The Labute approximate surface area is 128 Å². The van der Waals surface area contributed by atoms with Crippen LogP contribution >= 0.6 is 11.6 Å². The molecule has 1 unspecified atom stereocenters. The molecule has 110 valence electrons. The number of halogens is 1. The minimum absolute atomic E-state index is 0.0472. The van der Waals surface area contributed by atoms with Crippen molar-refractivity contribution in [2.45, 2.75) is 25.8 Å². The molecule has 0 aromatic heterocycles. The summed E-state index contributed by atoms with van der Waals surface area (Å²) in [5, 5.41) is 14.7. The fourth-order valence-corrected chi connectivity index (χ4v) is 2.32. The largest absolute Gasteiger partial charge is 0.377 e. The lowest BCUT2D eigenvalue weighted by molar-refractivity contribution is -0.384. The lowest BCUT2D eigenvalue weighted by Gasteiger charge is -2.15. The Balaban J connectivity index is 2.01. The molecule has 1 atom stereocenters. The van der Waals surface area contributed by atoms with E-state index in [1.165, 1.54) is 17.7 Å². The van der Waals surface area contributed by atoms with Gasteiger partial charge in [-0.15, -0.1) is 0 Å². The van der Waals surface area contributed by atoms with Gasteiger partial charge in [0.25, 0.3) is 5.69 Å². The van der Waals surface area contributed by atoms with Gasteiger partial charge in [0.2, 0.25) is 0 Å². The van der Waals surface area contributed by atoms with Crippen molar-refractivity contribution in [1.82, 2.24) is 0 Å². The first-order valence-electron chi connectivity index (χ1n) is 6.80. The molecule has 21 heavy (non-hydrogen) atoms. The fourth-order valence-electron chi connectivity index (χ4n) is 2.15. The van der Waals surface area contributed by atoms with Crippen molar-refractivity contribution in [2.75, 3.05) is 5.32 Å². The maximum Gasteiger partial charge on any atom is 0.292 e. The highest BCUT2D eigenvalue weighted by Gasteiger charge is 2.15. The molecule has 0 amide bonds. The Hall–Kier alpha value is -2.07. The maximum absolute atomic E-state index is 11.0. The number of hydrogen-bond acceptors (Lipinski definition) is 3. The summed E-state index contributed by atoms with van der Waals surface area (Å²) >= 11 is 5.92. The zero-order valence-corrected chi connectivity index (χ0v) is 12.5. The van der Waals surface area contributed by atoms with Crippen LogP contribution in [0.1, 0.15) is 18.9 Å². The van der Waals surface area contributed by atoms with Crippen LogP contribution in [0.15, 0.2) is 48.5 Å². The van der Waals surface area contributed by atoms with Crippen LogP contribution in [0.4, 0.5) is 11.4 Å². The molecule has 0 saturated carbocycles. The van der Waals surface area contributed by atoms with E-state index in [-0.39, 0.29) is 11.7 Å². The van der Waals surface area contributed by atoms with Crippen LogP contribution in [0.5, 0.6) is 0 Å². The molecule has 2 aromatic rings. The van der Waals surface area contributed by atoms with E-state index in [4.69, 9.17) is 11.6 Å². The SMILES string of the molecule is CC(CCc1ccccc1)Nc1cc(Cl)ccc1[N+](=O)[O-]. The molecule has 0 aliphatic heterocycles. The maximum atomic E-state index is 11.0. The molecule has 0 saturated heterocycles. The van der Waals surface area contributed by atoms with E-state index in [1.54, 1.807) is 6.07 Å². The number of aryl methyl sites for hydroxylation is 1. The number of rotatable bonds is 6. The molecule has 2 rings (SSSR count). The zero-order chi connectivity index (χ0) is 15.2. The number of nitro benzene ring substituents is 1. The van der Waals surface area contributed by atoms with E-state index in [0.717, 1.165) is 12.8 Å². The molecule has 0 spiro atoms. The summed E-state index contributed by atoms with van der Waals surface area (Å²) in [5.41, 5.74) is 1.77. The third-order valence-corrected chi connectivity index (χ3v) is 3.50. The second kappa shape index (κ2) is 7.09. The van der Waals surface area contributed by atoms with Crippen LogP contribution in [0, 0.1) is 10.1 Å². The summed E-state index contributed by atoms with van der Waals surface area (Å²) in [6.45, 7) is 2.01. The quantitative estimate of drug-likeness (QED) is 0.622. The van der Waals surface area contributed by atoms with E-state index in [1.807, 2.05) is 25.1 Å². The first kappa shape index (κ1) is 15.3. The fraction of sp³-hybridized carbons (Fsp3) is 0.250. The van der Waals surface area contributed by atoms with Crippen LogP contribution in [0.3, 0.4) is 0 Å². The first-order chi connectivity index (χ1) is 10.1. The van der Waals surface area contributed by atoms with Crippen LogP contribution in [-0.4, -0.2) is 11.0 Å². The molecule has 1 N–H and O–H groups in total. The summed E-state index contributed by atoms with van der Waals surface area (Å²) in [6.07, 6.45) is 1.80. The molecule has 4 nitrogen and oxygen atoms in total. The lowest BCUT2D eigenvalue weighted by Crippen LogP contribution is -2.17. The number of nitro groups is 1. The summed E-state index contributed by atoms with van der Waals surface area (Å²) in [4.78, 5) is 10.6. The minimum Gasteiger partial charge on any atom is -0.377 e. The van der Waals surface area contributed by atoms with Gasteiger partial charge in [0.05, 0.1) is 4.92 Å². The summed E-state index contributed by atoms with van der Waals surface area (Å²) < 4.78 is 0. The highest BCUT2D eigenvalue weighted by atomic mass is 35.5. The van der Waals surface area contributed by atoms with Gasteiger partial charge in [0, 0.05) is 17.1 Å². The van der Waals surface area contributed by atoms with Gasteiger partial charge in [-0.1, -0.05) is 41.9 Å². The van der Waals surface area contributed by atoms with Crippen molar-refractivity contribution in [3.8, 4) is 0 Å². The van der Waals surface area contributed by atoms with Crippen molar-refractivity contribution >= 4 is 23.0 Å². The van der Waals surface area contributed by atoms with Crippen molar-refractivity contribution in [1.29, 1.82) is 0 Å². The molecule has 0 bridgehead atoms. The van der Waals surface area contributed by atoms with E-state index >= 15 is 0 Å². The summed E-state index contributed by atoms with van der Waals surface area (Å²) in [5.74, 6) is 0. The Morgan fingerprint density at radius 3 is 2.62 bits per heavy atom. The standard InChI is InChI=1S/C16H17ClN2O2/c1-12(7-8-13-5-3-2-4-6-13)18-15-11-14(17)9-10-16(15)19(20)21/h2-6,9-12,18H,7-8H2,1H3. The normalized spacial score (nSPS) is 11.9. The van der Waals surface area contributed by atoms with Crippen LogP contribution in [0.25, 0.3) is 0 Å². The summed E-state index contributed by atoms with van der Waals surface area (Å²) in [6, 6.07) is 14.8. The third-order valence-electron chi connectivity index (χ3n) is 3.27. The molecule has 5 heteroatoms. The average molecular weight is 305 g/mol. The van der Waals surface area contributed by atoms with E-state index < -0.39 is 4.92 Å². The van der Waals surface area contributed by atoms with Crippen molar-refractivity contribution in [2.24, 2.45) is 0 Å². The molecule has 0 radical (unpaired) electrons. The second-order valence-corrected chi connectivity index (χ2v) is 5.42. The van der Waals surface area contributed by atoms with Gasteiger partial charge in [-0.3, -0.25) is 10.1 Å². The van der Waals surface area contributed by atoms with E-state index in [2.05, 4.69) is 17.4 Å². The van der Waals surface area contributed by atoms with Gasteiger partial charge in [0.1, 0.15) is 5.69 Å². The van der Waals surface area contributed by atoms with Gasteiger partial charge < -0.3 is 5.32 Å². The Kier molecular flexibility index (Phi) is 5.17. The van der Waals surface area contributed by atoms with Gasteiger partial charge in [-0.25, -0.2) is 0 Å². The highest BCUT2D eigenvalue weighted by molar-refractivity contribution is 6.31. The lowest BCUT2D eigenvalue weighted by atomic mass is 10.1. The minimum atomic E-state index is -0.400. The summed E-state index contributed by atoms with van der Waals surface area (Å²) in [7, 11) is 0. The first-order valence-corrected chi connectivity index (χ1v) is 7.18. The predicted molar refractivity (Wildman–Crippen MR) is 86.0 cm³/mol. The Morgan fingerprint density at radius 1 is 1.24 bits per heavy atom. The Morgan fingerprint density at radius 2 is 1.95 bits per heavy atom. The smallest absolute Gasteiger partial charge is 0.292 e. The van der Waals surface area contributed by atoms with E-state index in [0.29, 0.717) is 10.7 Å². The predicted octanol–water partition coefficient (Wildman–Crippen LogP) is 4.68. The van der Waals surface area contributed by atoms with Gasteiger partial charge >= 0.3 is 0 Å². The van der Waals surface area contributed by atoms with Gasteiger partial charge in [-0.05, 0) is 37.5 Å². The molecule has 0 aliphatic rings. The van der Waals surface area contributed by atoms with Crippen molar-refractivity contribution < 1.29 is 4.92 Å². The van der Waals surface area contributed by atoms with Crippen molar-refractivity contribution in [3.05, 3.63) is 69.2 Å². The van der Waals surface area contributed by atoms with Gasteiger partial charge in [0.15, 0.2) is 0 Å². The van der Waals surface area contributed by atoms with Crippen LogP contribution in [-0.2, 0) is 6.42 Å². The van der Waals surface area contributed by atoms with Crippen molar-refractivity contribution in [3.63, 3.8) is 0 Å².